The first-order chi connectivity index (χ1) is 9.13. The molecule has 0 aliphatic rings. The molecular weight excluding hydrogens is 244 g/mol. The number of hydrogen-bond acceptors (Lipinski definition) is 3. The Morgan fingerprint density at radius 3 is 2.68 bits per heavy atom. The molecule has 5 nitrogen and oxygen atoms in total. The van der Waals surface area contributed by atoms with Crippen LogP contribution in [0.3, 0.4) is 0 Å². The average Bonchev–Trinajstić information content (AvgIpc) is 2.81. The van der Waals surface area contributed by atoms with Gasteiger partial charge in [-0.2, -0.15) is 0 Å². The van der Waals surface area contributed by atoms with Crippen LogP contribution in [0.1, 0.15) is 10.4 Å². The Labute approximate surface area is 108 Å². The lowest BCUT2D eigenvalue weighted by Gasteiger charge is -1.97. The van der Waals surface area contributed by atoms with E-state index in [1.807, 2.05) is 6.07 Å². The van der Waals surface area contributed by atoms with Gasteiger partial charge in [0.25, 0.3) is 0 Å². The molecule has 0 saturated carbocycles. The fourth-order valence-electron chi connectivity index (χ4n) is 1.94. The lowest BCUT2D eigenvalue weighted by molar-refractivity contribution is 0.0696. The maximum absolute atomic E-state index is 10.8. The number of carboxylic acid groups (broad SMARTS) is 1. The van der Waals surface area contributed by atoms with E-state index in [2.05, 4.69) is 9.97 Å². The first-order valence-corrected chi connectivity index (χ1v) is 5.65. The summed E-state index contributed by atoms with van der Waals surface area (Å²) in [7, 11) is 0. The summed E-state index contributed by atoms with van der Waals surface area (Å²) in [5.74, 6) is -0.798. The number of aromatic amines is 1. The summed E-state index contributed by atoms with van der Waals surface area (Å²) < 4.78 is 0. The highest BCUT2D eigenvalue weighted by molar-refractivity contribution is 5.88. The van der Waals surface area contributed by atoms with Gasteiger partial charge < -0.3 is 15.2 Å². The zero-order valence-corrected chi connectivity index (χ0v) is 9.79. The van der Waals surface area contributed by atoms with Crippen LogP contribution in [0, 0.1) is 0 Å². The third kappa shape index (κ3) is 2.01. The second-order valence-corrected chi connectivity index (χ2v) is 4.19. The third-order valence-electron chi connectivity index (χ3n) is 2.89. The van der Waals surface area contributed by atoms with Crippen molar-refractivity contribution in [1.29, 1.82) is 0 Å². The quantitative estimate of drug-likeness (QED) is 0.656. The van der Waals surface area contributed by atoms with Gasteiger partial charge in [-0.25, -0.2) is 4.79 Å². The minimum atomic E-state index is -0.999. The van der Waals surface area contributed by atoms with E-state index in [9.17, 15) is 9.90 Å². The van der Waals surface area contributed by atoms with Crippen molar-refractivity contribution in [2.24, 2.45) is 0 Å². The lowest BCUT2D eigenvalue weighted by atomic mass is 10.2. The second-order valence-electron chi connectivity index (χ2n) is 4.19. The lowest BCUT2D eigenvalue weighted by Crippen LogP contribution is -1.97. The summed E-state index contributed by atoms with van der Waals surface area (Å²) >= 11 is 0. The number of phenolic OH excluding ortho intramolecular Hbond substituents is 1. The molecule has 0 spiro atoms. The second kappa shape index (κ2) is 4.13. The molecule has 5 heteroatoms. The Morgan fingerprint density at radius 1 is 1.16 bits per heavy atom. The van der Waals surface area contributed by atoms with Crippen molar-refractivity contribution in [3.63, 3.8) is 0 Å². The molecule has 0 saturated heterocycles. The Balaban J connectivity index is 2.06. The smallest absolute Gasteiger partial charge is 0.337 e. The molecule has 1 aromatic carbocycles. The van der Waals surface area contributed by atoms with Crippen molar-refractivity contribution in [1.82, 2.24) is 9.97 Å². The van der Waals surface area contributed by atoms with Crippen LogP contribution in [0.25, 0.3) is 22.3 Å². The Kier molecular flexibility index (Phi) is 2.45. The van der Waals surface area contributed by atoms with Gasteiger partial charge in [-0.3, -0.25) is 4.98 Å². The maximum Gasteiger partial charge on any atom is 0.337 e. The van der Waals surface area contributed by atoms with Gasteiger partial charge in [-0.15, -0.1) is 0 Å². The molecule has 2 aromatic heterocycles. The van der Waals surface area contributed by atoms with Gasteiger partial charge >= 0.3 is 5.97 Å². The van der Waals surface area contributed by atoms with E-state index in [0.29, 0.717) is 5.69 Å². The number of phenols is 1. The monoisotopic (exact) mass is 254 g/mol. The van der Waals surface area contributed by atoms with Gasteiger partial charge in [0.1, 0.15) is 5.75 Å². The predicted molar refractivity (Wildman–Crippen MR) is 70.2 cm³/mol. The molecule has 3 rings (SSSR count). The fourth-order valence-corrected chi connectivity index (χ4v) is 1.94. The number of nitrogens with zero attached hydrogens (tertiary/aromatic N) is 1. The van der Waals surface area contributed by atoms with Crippen molar-refractivity contribution in [3.8, 4) is 17.1 Å². The molecule has 0 amide bonds. The van der Waals surface area contributed by atoms with Crippen LogP contribution >= 0.6 is 0 Å². The third-order valence-corrected chi connectivity index (χ3v) is 2.89. The van der Waals surface area contributed by atoms with Crippen LogP contribution in [-0.4, -0.2) is 26.2 Å². The number of carbonyl (C=O) groups is 1. The number of H-pyrrole nitrogens is 1. The van der Waals surface area contributed by atoms with Crippen LogP contribution in [0.15, 0.2) is 42.6 Å². The topological polar surface area (TPSA) is 86.2 Å². The van der Waals surface area contributed by atoms with Crippen molar-refractivity contribution < 1.29 is 15.0 Å². The normalized spacial score (nSPS) is 10.7. The molecule has 3 aromatic rings. The highest BCUT2D eigenvalue weighted by atomic mass is 16.4. The van der Waals surface area contributed by atoms with Gasteiger partial charge in [-0.1, -0.05) is 0 Å². The van der Waals surface area contributed by atoms with Crippen LogP contribution < -0.4 is 0 Å². The number of aromatic nitrogens is 2. The van der Waals surface area contributed by atoms with Crippen molar-refractivity contribution in [2.75, 3.05) is 0 Å². The summed E-state index contributed by atoms with van der Waals surface area (Å²) in [5, 5.41) is 19.1. The summed E-state index contributed by atoms with van der Waals surface area (Å²) in [6, 6.07) is 10.0. The van der Waals surface area contributed by atoms with E-state index >= 15 is 0 Å². The van der Waals surface area contributed by atoms with E-state index < -0.39 is 5.97 Å². The Bertz CT molecular complexity index is 760. The highest BCUT2D eigenvalue weighted by Gasteiger charge is 2.07. The summed E-state index contributed by atoms with van der Waals surface area (Å²) in [5.41, 5.74) is 2.47. The molecule has 19 heavy (non-hydrogen) atoms. The minimum Gasteiger partial charge on any atom is -0.508 e. The number of benzene rings is 1. The summed E-state index contributed by atoms with van der Waals surface area (Å²) in [6.45, 7) is 0. The van der Waals surface area contributed by atoms with E-state index in [1.165, 1.54) is 12.3 Å². The van der Waals surface area contributed by atoms with Crippen LogP contribution in [0.2, 0.25) is 0 Å². The number of hydrogen-bond donors (Lipinski definition) is 3. The minimum absolute atomic E-state index is 0.150. The molecule has 94 valence electrons. The standard InChI is InChI=1S/C14H10N2O3/c17-10-2-4-11-9(5-10)6-13(16-11)12-3-1-8(7-15-12)14(18)19/h1-7,16-17H,(H,18,19). The summed E-state index contributed by atoms with van der Waals surface area (Å²) in [4.78, 5) is 18.0. The molecule has 0 fully saturated rings. The van der Waals surface area contributed by atoms with Gasteiger partial charge in [0.2, 0.25) is 0 Å². The number of rotatable bonds is 2. The number of fused-ring (bicyclic) bond motifs is 1. The molecule has 0 aliphatic carbocycles. The van der Waals surface area contributed by atoms with Crippen molar-refractivity contribution in [3.05, 3.63) is 48.2 Å². The predicted octanol–water partition coefficient (Wildman–Crippen LogP) is 2.63. The molecule has 0 atom stereocenters. The molecular formula is C14H10N2O3. The molecule has 0 unspecified atom stereocenters. The van der Waals surface area contributed by atoms with E-state index in [-0.39, 0.29) is 11.3 Å². The number of nitrogens with one attached hydrogen (secondary N) is 1. The van der Waals surface area contributed by atoms with E-state index in [0.717, 1.165) is 16.6 Å². The largest absolute Gasteiger partial charge is 0.508 e. The van der Waals surface area contributed by atoms with E-state index in [1.54, 1.807) is 24.3 Å². The number of aromatic carboxylic acids is 1. The number of pyridine rings is 1. The number of aromatic hydroxyl groups is 1. The van der Waals surface area contributed by atoms with Crippen molar-refractivity contribution >= 4 is 16.9 Å². The van der Waals surface area contributed by atoms with Gasteiger partial charge in [-0.05, 0) is 36.4 Å². The molecule has 2 heterocycles. The van der Waals surface area contributed by atoms with Crippen LogP contribution in [0.4, 0.5) is 0 Å². The Hall–Kier alpha value is -2.82. The van der Waals surface area contributed by atoms with E-state index in [4.69, 9.17) is 5.11 Å². The molecule has 3 N–H and O–H groups in total. The van der Waals surface area contributed by atoms with Crippen molar-refractivity contribution in [2.45, 2.75) is 0 Å². The van der Waals surface area contributed by atoms with Gasteiger partial charge in [0, 0.05) is 17.1 Å². The SMILES string of the molecule is O=C(O)c1ccc(-c2cc3cc(O)ccc3[nH]2)nc1. The first-order valence-electron chi connectivity index (χ1n) is 5.65. The maximum atomic E-state index is 10.8. The zero-order chi connectivity index (χ0) is 13.4. The number of carboxylic acids is 1. The van der Waals surface area contributed by atoms with Crippen LogP contribution in [0.5, 0.6) is 5.75 Å². The highest BCUT2D eigenvalue weighted by Crippen LogP contribution is 2.25. The molecule has 0 radical (unpaired) electrons. The average molecular weight is 254 g/mol. The zero-order valence-electron chi connectivity index (χ0n) is 9.79. The fraction of sp³-hybridized carbons (Fsp3) is 0. The van der Waals surface area contributed by atoms with Crippen LogP contribution in [-0.2, 0) is 0 Å². The molecule has 0 bridgehead atoms. The summed E-state index contributed by atoms with van der Waals surface area (Å²) in [6.07, 6.45) is 1.32. The molecule has 0 aliphatic heterocycles. The Morgan fingerprint density at radius 2 is 2.00 bits per heavy atom. The first kappa shape index (κ1) is 11.3. The van der Waals surface area contributed by atoms with Gasteiger partial charge in [0.15, 0.2) is 0 Å². The van der Waals surface area contributed by atoms with Gasteiger partial charge in [0.05, 0.1) is 17.0 Å².